The van der Waals surface area contributed by atoms with E-state index in [-0.39, 0.29) is 0 Å². The minimum atomic E-state index is 0.560. The van der Waals surface area contributed by atoms with Gasteiger partial charge in [0.1, 0.15) is 0 Å². The van der Waals surface area contributed by atoms with Crippen LogP contribution in [0.4, 0.5) is 5.69 Å². The van der Waals surface area contributed by atoms with Crippen molar-refractivity contribution in [3.63, 3.8) is 0 Å². The van der Waals surface area contributed by atoms with E-state index in [4.69, 9.17) is 5.73 Å². The van der Waals surface area contributed by atoms with Crippen LogP contribution in [0.3, 0.4) is 0 Å². The molecule has 0 aliphatic heterocycles. The largest absolute Gasteiger partial charge is 0.372 e. The molecule has 0 aliphatic rings. The summed E-state index contributed by atoms with van der Waals surface area (Å²) in [6.45, 7) is 2.56. The molecule has 15 heavy (non-hydrogen) atoms. The summed E-state index contributed by atoms with van der Waals surface area (Å²) in [6.07, 6.45) is 3.66. The fourth-order valence-corrected chi connectivity index (χ4v) is 1.40. The predicted molar refractivity (Wildman–Crippen MR) is 64.0 cm³/mol. The van der Waals surface area contributed by atoms with Crippen LogP contribution < -0.4 is 10.6 Å². The quantitative estimate of drug-likeness (QED) is 0.767. The minimum absolute atomic E-state index is 0.560. The van der Waals surface area contributed by atoms with Gasteiger partial charge in [-0.3, -0.25) is 4.98 Å². The predicted octanol–water partition coefficient (Wildman–Crippen LogP) is 0.538. The number of pyridine rings is 1. The summed E-state index contributed by atoms with van der Waals surface area (Å²) in [7, 11) is 6.21. The van der Waals surface area contributed by atoms with Crippen molar-refractivity contribution < 1.29 is 0 Å². The Hall–Kier alpha value is -1.13. The molecule has 0 saturated carbocycles. The Bertz CT molecular complexity index is 298. The summed E-state index contributed by atoms with van der Waals surface area (Å²) in [5.41, 5.74) is 7.95. The summed E-state index contributed by atoms with van der Waals surface area (Å²) in [6, 6.07) is 1.97. The Morgan fingerprint density at radius 2 is 2.00 bits per heavy atom. The number of hydrogen-bond acceptors (Lipinski definition) is 4. The molecule has 2 N–H and O–H groups in total. The molecule has 0 fully saturated rings. The molecule has 0 bridgehead atoms. The normalized spacial score (nSPS) is 10.7. The van der Waals surface area contributed by atoms with Crippen LogP contribution in [0.5, 0.6) is 0 Å². The van der Waals surface area contributed by atoms with Gasteiger partial charge in [0.05, 0.1) is 11.9 Å². The van der Waals surface area contributed by atoms with Crippen molar-refractivity contribution in [3.05, 3.63) is 24.0 Å². The first kappa shape index (κ1) is 11.9. The SMILES string of the molecule is CN(C)CCN(C)c1cnccc1CN. The second-order valence-corrected chi connectivity index (χ2v) is 3.93. The second kappa shape index (κ2) is 5.68. The average molecular weight is 208 g/mol. The Balaban J connectivity index is 2.68. The van der Waals surface area contributed by atoms with Gasteiger partial charge in [-0.1, -0.05) is 0 Å². The number of rotatable bonds is 5. The molecule has 0 saturated heterocycles. The number of likely N-dealkylation sites (N-methyl/N-ethyl adjacent to an activating group) is 2. The van der Waals surface area contributed by atoms with E-state index in [1.165, 1.54) is 0 Å². The molecule has 1 rings (SSSR count). The highest BCUT2D eigenvalue weighted by Crippen LogP contribution is 2.16. The zero-order chi connectivity index (χ0) is 11.3. The van der Waals surface area contributed by atoms with Crippen LogP contribution in [0.25, 0.3) is 0 Å². The van der Waals surface area contributed by atoms with Gasteiger partial charge in [-0.15, -0.1) is 0 Å². The van der Waals surface area contributed by atoms with Crippen LogP contribution in [-0.4, -0.2) is 44.1 Å². The van der Waals surface area contributed by atoms with Crippen LogP contribution in [0, 0.1) is 0 Å². The molecule has 0 spiro atoms. The maximum Gasteiger partial charge on any atom is 0.0596 e. The molecule has 0 atom stereocenters. The van der Waals surface area contributed by atoms with E-state index >= 15 is 0 Å². The summed E-state index contributed by atoms with van der Waals surface area (Å²) in [4.78, 5) is 8.48. The highest BCUT2D eigenvalue weighted by Gasteiger charge is 2.05. The number of anilines is 1. The average Bonchev–Trinajstić information content (AvgIpc) is 2.25. The van der Waals surface area contributed by atoms with Crippen LogP contribution in [0.15, 0.2) is 18.5 Å². The van der Waals surface area contributed by atoms with E-state index in [0.717, 1.165) is 24.3 Å². The summed E-state index contributed by atoms with van der Waals surface area (Å²) in [5.74, 6) is 0. The monoisotopic (exact) mass is 208 g/mol. The Kier molecular flexibility index (Phi) is 4.52. The standard InChI is InChI=1S/C11H20N4/c1-14(2)6-7-15(3)11-9-13-5-4-10(11)8-12/h4-5,9H,6-8,12H2,1-3H3. The van der Waals surface area contributed by atoms with E-state index < -0.39 is 0 Å². The van der Waals surface area contributed by atoms with Crippen molar-refractivity contribution >= 4 is 5.69 Å². The molecular formula is C11H20N4. The molecule has 4 heteroatoms. The fourth-order valence-electron chi connectivity index (χ4n) is 1.40. The van der Waals surface area contributed by atoms with Crippen molar-refractivity contribution in [2.75, 3.05) is 39.1 Å². The van der Waals surface area contributed by atoms with Gasteiger partial charge in [-0.25, -0.2) is 0 Å². The first-order valence-corrected chi connectivity index (χ1v) is 5.14. The van der Waals surface area contributed by atoms with Crippen molar-refractivity contribution in [2.24, 2.45) is 5.73 Å². The first-order valence-electron chi connectivity index (χ1n) is 5.14. The smallest absolute Gasteiger partial charge is 0.0596 e. The van der Waals surface area contributed by atoms with Gasteiger partial charge in [0, 0.05) is 32.9 Å². The Morgan fingerprint density at radius 3 is 2.60 bits per heavy atom. The van der Waals surface area contributed by atoms with Gasteiger partial charge >= 0.3 is 0 Å². The third-order valence-corrected chi connectivity index (χ3v) is 2.40. The lowest BCUT2D eigenvalue weighted by Crippen LogP contribution is -2.29. The number of nitrogens with zero attached hydrogens (tertiary/aromatic N) is 3. The molecule has 0 unspecified atom stereocenters. The van der Waals surface area contributed by atoms with Crippen LogP contribution >= 0.6 is 0 Å². The first-order chi connectivity index (χ1) is 7.15. The van der Waals surface area contributed by atoms with E-state index in [1.807, 2.05) is 12.3 Å². The van der Waals surface area contributed by atoms with Gasteiger partial charge in [0.25, 0.3) is 0 Å². The second-order valence-electron chi connectivity index (χ2n) is 3.93. The molecule has 1 aromatic rings. The number of aromatic nitrogens is 1. The molecule has 0 amide bonds. The lowest BCUT2D eigenvalue weighted by atomic mass is 10.2. The van der Waals surface area contributed by atoms with Crippen molar-refractivity contribution in [3.8, 4) is 0 Å². The highest BCUT2D eigenvalue weighted by atomic mass is 15.2. The zero-order valence-electron chi connectivity index (χ0n) is 9.77. The molecule has 0 aliphatic carbocycles. The number of nitrogens with two attached hydrogens (primary N) is 1. The topological polar surface area (TPSA) is 45.4 Å². The van der Waals surface area contributed by atoms with E-state index in [1.54, 1.807) is 6.20 Å². The summed E-state index contributed by atoms with van der Waals surface area (Å²) >= 11 is 0. The molecule has 84 valence electrons. The lowest BCUT2D eigenvalue weighted by molar-refractivity contribution is 0.416. The summed E-state index contributed by atoms with van der Waals surface area (Å²) < 4.78 is 0. The minimum Gasteiger partial charge on any atom is -0.372 e. The van der Waals surface area contributed by atoms with Gasteiger partial charge in [0.2, 0.25) is 0 Å². The zero-order valence-corrected chi connectivity index (χ0v) is 9.77. The molecular weight excluding hydrogens is 188 g/mol. The van der Waals surface area contributed by atoms with Gasteiger partial charge in [0.15, 0.2) is 0 Å². The van der Waals surface area contributed by atoms with Crippen molar-refractivity contribution in [1.29, 1.82) is 0 Å². The summed E-state index contributed by atoms with van der Waals surface area (Å²) in [5, 5.41) is 0. The lowest BCUT2D eigenvalue weighted by Gasteiger charge is -2.23. The fraction of sp³-hybridized carbons (Fsp3) is 0.545. The van der Waals surface area contributed by atoms with Crippen molar-refractivity contribution in [2.45, 2.75) is 6.54 Å². The highest BCUT2D eigenvalue weighted by molar-refractivity contribution is 5.50. The van der Waals surface area contributed by atoms with Crippen LogP contribution in [-0.2, 0) is 6.54 Å². The third kappa shape index (κ3) is 3.49. The third-order valence-electron chi connectivity index (χ3n) is 2.40. The van der Waals surface area contributed by atoms with Gasteiger partial charge < -0.3 is 15.5 Å². The maximum atomic E-state index is 5.68. The van der Waals surface area contributed by atoms with Crippen LogP contribution in [0.2, 0.25) is 0 Å². The van der Waals surface area contributed by atoms with Gasteiger partial charge in [-0.2, -0.15) is 0 Å². The van der Waals surface area contributed by atoms with Crippen molar-refractivity contribution in [1.82, 2.24) is 9.88 Å². The molecule has 0 aromatic carbocycles. The Morgan fingerprint density at radius 1 is 1.27 bits per heavy atom. The van der Waals surface area contributed by atoms with Crippen LogP contribution in [0.1, 0.15) is 5.56 Å². The van der Waals surface area contributed by atoms with E-state index in [2.05, 4.69) is 35.9 Å². The molecule has 1 aromatic heterocycles. The molecule has 4 nitrogen and oxygen atoms in total. The Labute approximate surface area is 91.7 Å². The van der Waals surface area contributed by atoms with Gasteiger partial charge in [-0.05, 0) is 25.7 Å². The maximum absolute atomic E-state index is 5.68. The number of hydrogen-bond donors (Lipinski definition) is 1. The van der Waals surface area contributed by atoms with E-state index in [9.17, 15) is 0 Å². The molecule has 0 radical (unpaired) electrons. The van der Waals surface area contributed by atoms with E-state index in [0.29, 0.717) is 6.54 Å². The molecule has 1 heterocycles.